The maximum absolute atomic E-state index is 10.7. The Labute approximate surface area is 145 Å². The molecule has 2 rings (SSSR count). The van der Waals surface area contributed by atoms with Gasteiger partial charge >= 0.3 is 0 Å². The molecule has 0 aromatic heterocycles. The Kier molecular flexibility index (Phi) is 4.75. The van der Waals surface area contributed by atoms with Gasteiger partial charge in [-0.2, -0.15) is 0 Å². The Bertz CT molecular complexity index is 762. The highest BCUT2D eigenvalue weighted by Gasteiger charge is 2.24. The van der Waals surface area contributed by atoms with E-state index in [1.165, 1.54) is 0 Å². The van der Waals surface area contributed by atoms with E-state index < -0.39 is 0 Å². The van der Waals surface area contributed by atoms with Gasteiger partial charge in [0.15, 0.2) is 0 Å². The van der Waals surface area contributed by atoms with Crippen molar-refractivity contribution < 1.29 is 5.11 Å². The summed E-state index contributed by atoms with van der Waals surface area (Å²) in [6.45, 7) is 12.8. The largest absolute Gasteiger partial charge is 0.505 e. The van der Waals surface area contributed by atoms with Crippen LogP contribution >= 0.6 is 0 Å². The Morgan fingerprint density at radius 1 is 0.958 bits per heavy atom. The molecular formula is C21H28N2O. The standard InChI is InChI=1S/C21H28N2O/c1-20(2,3)15-11-16(21(4,5)6)19(24)18(12-15)23-13-14-9-7-8-10-17(14)22/h7-13,24H,22H2,1-6H3. The van der Waals surface area contributed by atoms with Gasteiger partial charge in [0, 0.05) is 23.0 Å². The number of phenols is 1. The van der Waals surface area contributed by atoms with Gasteiger partial charge in [-0.15, -0.1) is 0 Å². The predicted octanol–water partition coefficient (Wildman–Crippen LogP) is 5.32. The number of rotatable bonds is 2. The molecular weight excluding hydrogens is 296 g/mol. The summed E-state index contributed by atoms with van der Waals surface area (Å²) < 4.78 is 0. The fourth-order valence-electron chi connectivity index (χ4n) is 2.49. The molecule has 3 nitrogen and oxygen atoms in total. The quantitative estimate of drug-likeness (QED) is 0.580. The molecule has 0 heterocycles. The lowest BCUT2D eigenvalue weighted by Crippen LogP contribution is -2.16. The number of nitrogens with zero attached hydrogens (tertiary/aromatic N) is 1. The van der Waals surface area contributed by atoms with Crippen molar-refractivity contribution in [3.8, 4) is 5.75 Å². The summed E-state index contributed by atoms with van der Waals surface area (Å²) in [7, 11) is 0. The number of aliphatic imine (C=N–C) groups is 1. The zero-order chi connectivity index (χ0) is 18.1. The van der Waals surface area contributed by atoms with Crippen molar-refractivity contribution in [1.82, 2.24) is 0 Å². The highest BCUT2D eigenvalue weighted by Crippen LogP contribution is 2.41. The second kappa shape index (κ2) is 6.31. The molecule has 0 unspecified atom stereocenters. The molecule has 0 fully saturated rings. The molecule has 128 valence electrons. The molecule has 3 N–H and O–H groups in total. The van der Waals surface area contributed by atoms with Crippen molar-refractivity contribution in [2.45, 2.75) is 52.4 Å². The number of nitrogens with two attached hydrogens (primary N) is 1. The third-order valence-electron chi connectivity index (χ3n) is 4.10. The molecule has 2 aromatic carbocycles. The second-order valence-electron chi connectivity index (χ2n) is 8.28. The van der Waals surface area contributed by atoms with Gasteiger partial charge in [-0.05, 0) is 28.5 Å². The van der Waals surface area contributed by atoms with Gasteiger partial charge in [-0.1, -0.05) is 65.8 Å². The second-order valence-corrected chi connectivity index (χ2v) is 8.28. The molecule has 0 saturated heterocycles. The number of anilines is 1. The van der Waals surface area contributed by atoms with E-state index in [0.717, 1.165) is 16.7 Å². The number of phenolic OH excluding ortho intramolecular Hbond substituents is 1. The van der Waals surface area contributed by atoms with Gasteiger partial charge < -0.3 is 10.8 Å². The van der Waals surface area contributed by atoms with E-state index in [2.05, 4.69) is 52.6 Å². The first-order chi connectivity index (χ1) is 11.0. The van der Waals surface area contributed by atoms with Crippen LogP contribution in [-0.2, 0) is 10.8 Å². The fraction of sp³-hybridized carbons (Fsp3) is 0.381. The zero-order valence-electron chi connectivity index (χ0n) is 15.5. The number of aromatic hydroxyl groups is 1. The first kappa shape index (κ1) is 18.1. The summed E-state index contributed by atoms with van der Waals surface area (Å²) in [4.78, 5) is 4.53. The van der Waals surface area contributed by atoms with Gasteiger partial charge in [0.2, 0.25) is 0 Å². The highest BCUT2D eigenvalue weighted by molar-refractivity contribution is 5.89. The lowest BCUT2D eigenvalue weighted by Gasteiger charge is -2.26. The van der Waals surface area contributed by atoms with Crippen LogP contribution in [0, 0.1) is 0 Å². The van der Waals surface area contributed by atoms with Crippen LogP contribution in [0.2, 0.25) is 0 Å². The van der Waals surface area contributed by atoms with Crippen molar-refractivity contribution >= 4 is 17.6 Å². The first-order valence-electron chi connectivity index (χ1n) is 8.26. The van der Waals surface area contributed by atoms with Gasteiger partial charge in [0.05, 0.1) is 0 Å². The van der Waals surface area contributed by atoms with Crippen molar-refractivity contribution in [3.63, 3.8) is 0 Å². The average molecular weight is 324 g/mol. The molecule has 0 saturated carbocycles. The average Bonchev–Trinajstić information content (AvgIpc) is 2.45. The summed E-state index contributed by atoms with van der Waals surface area (Å²) in [5, 5.41) is 10.7. The van der Waals surface area contributed by atoms with E-state index in [1.54, 1.807) is 6.21 Å². The third-order valence-corrected chi connectivity index (χ3v) is 4.10. The lowest BCUT2D eigenvalue weighted by atomic mass is 9.80. The Balaban J connectivity index is 2.59. The van der Waals surface area contributed by atoms with Gasteiger partial charge in [-0.25, -0.2) is 0 Å². The van der Waals surface area contributed by atoms with Crippen LogP contribution < -0.4 is 5.73 Å². The van der Waals surface area contributed by atoms with Gasteiger partial charge in [-0.3, -0.25) is 4.99 Å². The summed E-state index contributed by atoms with van der Waals surface area (Å²) in [6.07, 6.45) is 1.71. The molecule has 0 amide bonds. The minimum Gasteiger partial charge on any atom is -0.505 e. The lowest BCUT2D eigenvalue weighted by molar-refractivity contribution is 0.446. The SMILES string of the molecule is CC(C)(C)c1cc(N=Cc2ccccc2N)c(O)c(C(C)(C)C)c1. The zero-order valence-corrected chi connectivity index (χ0v) is 15.5. The molecule has 0 spiro atoms. The van der Waals surface area contributed by atoms with Crippen LogP contribution in [0.4, 0.5) is 11.4 Å². The van der Waals surface area contributed by atoms with E-state index in [9.17, 15) is 5.11 Å². The van der Waals surface area contributed by atoms with Crippen LogP contribution in [0.15, 0.2) is 41.4 Å². The Morgan fingerprint density at radius 2 is 1.58 bits per heavy atom. The molecule has 0 radical (unpaired) electrons. The summed E-state index contributed by atoms with van der Waals surface area (Å²) in [5.74, 6) is 0.237. The van der Waals surface area contributed by atoms with Crippen molar-refractivity contribution in [2.75, 3.05) is 5.73 Å². The van der Waals surface area contributed by atoms with Crippen molar-refractivity contribution in [1.29, 1.82) is 0 Å². The van der Waals surface area contributed by atoms with E-state index in [1.807, 2.05) is 30.3 Å². The van der Waals surface area contributed by atoms with Crippen LogP contribution in [0.3, 0.4) is 0 Å². The minimum atomic E-state index is -0.165. The van der Waals surface area contributed by atoms with E-state index in [0.29, 0.717) is 11.4 Å². The Morgan fingerprint density at radius 3 is 2.12 bits per heavy atom. The topological polar surface area (TPSA) is 58.6 Å². The van der Waals surface area contributed by atoms with E-state index >= 15 is 0 Å². The smallest absolute Gasteiger partial charge is 0.144 e. The van der Waals surface area contributed by atoms with Crippen LogP contribution in [0.5, 0.6) is 5.75 Å². The molecule has 2 aromatic rings. The van der Waals surface area contributed by atoms with Crippen molar-refractivity contribution in [2.24, 2.45) is 4.99 Å². The molecule has 0 aliphatic heterocycles. The first-order valence-corrected chi connectivity index (χ1v) is 8.26. The molecule has 0 aliphatic rings. The number of hydrogen-bond donors (Lipinski definition) is 2. The fourth-order valence-corrected chi connectivity index (χ4v) is 2.49. The van der Waals surface area contributed by atoms with Gasteiger partial charge in [0.25, 0.3) is 0 Å². The number of nitrogen functional groups attached to an aromatic ring is 1. The summed E-state index contributed by atoms with van der Waals surface area (Å²) >= 11 is 0. The molecule has 24 heavy (non-hydrogen) atoms. The van der Waals surface area contributed by atoms with Crippen molar-refractivity contribution in [3.05, 3.63) is 53.1 Å². The molecule has 3 heteroatoms. The monoisotopic (exact) mass is 324 g/mol. The molecule has 0 atom stereocenters. The van der Waals surface area contributed by atoms with Crippen LogP contribution in [0.1, 0.15) is 58.2 Å². The number of benzene rings is 2. The molecule has 0 aliphatic carbocycles. The predicted molar refractivity (Wildman–Crippen MR) is 104 cm³/mol. The maximum atomic E-state index is 10.7. The normalized spacial score (nSPS) is 12.8. The Hall–Kier alpha value is -2.29. The number of hydrogen-bond acceptors (Lipinski definition) is 3. The third kappa shape index (κ3) is 3.97. The minimum absolute atomic E-state index is 0.0241. The maximum Gasteiger partial charge on any atom is 0.144 e. The summed E-state index contributed by atoms with van der Waals surface area (Å²) in [6, 6.07) is 11.6. The highest BCUT2D eigenvalue weighted by atomic mass is 16.3. The molecule has 0 bridgehead atoms. The van der Waals surface area contributed by atoms with Crippen LogP contribution in [-0.4, -0.2) is 11.3 Å². The van der Waals surface area contributed by atoms with E-state index in [-0.39, 0.29) is 16.6 Å². The summed E-state index contributed by atoms with van der Waals surface area (Å²) in [5.41, 5.74) is 9.93. The number of para-hydroxylation sites is 1. The van der Waals surface area contributed by atoms with Gasteiger partial charge in [0.1, 0.15) is 11.4 Å². The van der Waals surface area contributed by atoms with E-state index in [4.69, 9.17) is 5.73 Å². The van der Waals surface area contributed by atoms with Crippen LogP contribution in [0.25, 0.3) is 0 Å².